The molecule has 3 rings (SSSR count). The van der Waals surface area contributed by atoms with Gasteiger partial charge in [0.2, 0.25) is 5.91 Å². The summed E-state index contributed by atoms with van der Waals surface area (Å²) in [6.07, 6.45) is 1.54. The first kappa shape index (κ1) is 17.4. The summed E-state index contributed by atoms with van der Waals surface area (Å²) in [4.78, 5) is 25.7. The average Bonchev–Trinajstić information content (AvgIpc) is 3.29. The molecule has 0 saturated heterocycles. The van der Waals surface area contributed by atoms with E-state index in [2.05, 4.69) is 15.9 Å². The van der Waals surface area contributed by atoms with E-state index in [4.69, 9.17) is 4.74 Å². The van der Waals surface area contributed by atoms with Crippen LogP contribution in [0.25, 0.3) is 0 Å². The Morgan fingerprint density at radius 2 is 2.00 bits per heavy atom. The van der Waals surface area contributed by atoms with E-state index in [1.54, 1.807) is 17.9 Å². The lowest BCUT2D eigenvalue weighted by Crippen LogP contribution is -2.34. The second-order valence-electron chi connectivity index (χ2n) is 6.05. The fourth-order valence-electron chi connectivity index (χ4n) is 3.14. The van der Waals surface area contributed by atoms with Crippen molar-refractivity contribution in [2.75, 3.05) is 18.6 Å². The van der Waals surface area contributed by atoms with E-state index >= 15 is 0 Å². The Labute approximate surface area is 149 Å². The van der Waals surface area contributed by atoms with Crippen LogP contribution in [0.1, 0.15) is 31.7 Å². The monoisotopic (exact) mass is 415 g/mol. The molecule has 0 N–H and O–H groups in total. The number of anilines is 1. The van der Waals surface area contributed by atoms with Crippen molar-refractivity contribution in [3.8, 4) is 0 Å². The van der Waals surface area contributed by atoms with Gasteiger partial charge in [0.05, 0.1) is 12.0 Å². The third-order valence-corrected chi connectivity index (χ3v) is 8.14. The van der Waals surface area contributed by atoms with Gasteiger partial charge in [0.25, 0.3) is 0 Å². The molecule has 1 amide bonds. The molecule has 1 fully saturated rings. The zero-order valence-corrected chi connectivity index (χ0v) is 15.9. The number of amides is 1. The van der Waals surface area contributed by atoms with E-state index in [9.17, 15) is 18.0 Å². The zero-order valence-electron chi connectivity index (χ0n) is 13.5. The van der Waals surface area contributed by atoms with Gasteiger partial charge in [-0.2, -0.15) is 0 Å². The lowest BCUT2D eigenvalue weighted by molar-refractivity contribution is -0.141. The molecule has 0 radical (unpaired) electrons. The lowest BCUT2D eigenvalue weighted by atomic mass is 10.2. The Hall–Kier alpha value is -1.41. The number of halogens is 1. The van der Waals surface area contributed by atoms with Gasteiger partial charge in [0.15, 0.2) is 14.6 Å². The molecule has 0 bridgehead atoms. The van der Waals surface area contributed by atoms with Gasteiger partial charge in [-0.15, -0.1) is 0 Å². The van der Waals surface area contributed by atoms with Crippen molar-refractivity contribution in [2.24, 2.45) is 0 Å². The molecular weight excluding hydrogens is 398 g/mol. The van der Waals surface area contributed by atoms with Crippen LogP contribution in [0.3, 0.4) is 0 Å². The van der Waals surface area contributed by atoms with Gasteiger partial charge in [0.1, 0.15) is 0 Å². The molecule has 1 heterocycles. The van der Waals surface area contributed by atoms with Crippen LogP contribution in [0.5, 0.6) is 0 Å². The molecule has 24 heavy (non-hydrogen) atoms. The minimum atomic E-state index is -3.91. The number of sulfone groups is 1. The molecule has 0 spiro atoms. The molecule has 2 aliphatic rings. The highest BCUT2D eigenvalue weighted by molar-refractivity contribution is 9.10. The third kappa shape index (κ3) is 2.38. The van der Waals surface area contributed by atoms with Gasteiger partial charge in [-0.05, 0) is 52.9 Å². The van der Waals surface area contributed by atoms with Crippen molar-refractivity contribution in [1.29, 1.82) is 0 Å². The summed E-state index contributed by atoms with van der Waals surface area (Å²) in [5, 5.41) is 0. The van der Waals surface area contributed by atoms with Crippen molar-refractivity contribution >= 4 is 43.3 Å². The average molecular weight is 416 g/mol. The minimum Gasteiger partial charge on any atom is -0.468 e. The number of rotatable bonds is 4. The fraction of sp³-hybridized carbons (Fsp3) is 0.500. The molecular formula is C16H18BrNO5S. The summed E-state index contributed by atoms with van der Waals surface area (Å²) in [6.45, 7) is 2.31. The number of benzene rings is 1. The molecule has 1 saturated carbocycles. The number of ether oxygens (including phenoxy) is 1. The van der Waals surface area contributed by atoms with Crippen LogP contribution in [-0.2, 0) is 30.6 Å². The lowest BCUT2D eigenvalue weighted by Gasteiger charge is -2.20. The standard InChI is InChI=1S/C16H18BrNO5S/c1-3-14(19)18-7-4-10-8-11(17)13(9-12(10)18)24(21,22)16(5-6-16)15(20)23-2/h8-9H,3-7H2,1-2H3. The molecule has 1 aliphatic heterocycles. The van der Waals surface area contributed by atoms with Crippen molar-refractivity contribution in [1.82, 2.24) is 0 Å². The topological polar surface area (TPSA) is 80.8 Å². The predicted molar refractivity (Wildman–Crippen MR) is 91.7 cm³/mol. The number of hydrogen-bond acceptors (Lipinski definition) is 5. The highest BCUT2D eigenvalue weighted by atomic mass is 79.9. The molecule has 0 unspecified atom stereocenters. The van der Waals surface area contributed by atoms with Gasteiger partial charge < -0.3 is 9.64 Å². The first-order chi connectivity index (χ1) is 11.3. The number of hydrogen-bond donors (Lipinski definition) is 0. The van der Waals surface area contributed by atoms with Gasteiger partial charge in [-0.3, -0.25) is 9.59 Å². The van der Waals surface area contributed by atoms with Gasteiger partial charge >= 0.3 is 5.97 Å². The quantitative estimate of drug-likeness (QED) is 0.704. The number of methoxy groups -OCH3 is 1. The van der Waals surface area contributed by atoms with Crippen LogP contribution in [-0.4, -0.2) is 38.7 Å². The Morgan fingerprint density at radius 3 is 2.54 bits per heavy atom. The number of fused-ring (bicyclic) bond motifs is 1. The van der Waals surface area contributed by atoms with Crippen molar-refractivity contribution in [3.63, 3.8) is 0 Å². The van der Waals surface area contributed by atoms with Crippen LogP contribution < -0.4 is 4.90 Å². The Morgan fingerprint density at radius 1 is 1.33 bits per heavy atom. The fourth-order valence-corrected chi connectivity index (χ4v) is 6.11. The summed E-state index contributed by atoms with van der Waals surface area (Å²) in [5.41, 5.74) is 1.54. The molecule has 6 nitrogen and oxygen atoms in total. The predicted octanol–water partition coefficient (Wildman–Crippen LogP) is 2.23. The molecule has 1 aliphatic carbocycles. The molecule has 8 heteroatoms. The third-order valence-electron chi connectivity index (χ3n) is 4.70. The minimum absolute atomic E-state index is 0.0416. The van der Waals surface area contributed by atoms with E-state index in [0.717, 1.165) is 5.56 Å². The van der Waals surface area contributed by atoms with Crippen LogP contribution in [0.15, 0.2) is 21.5 Å². The van der Waals surface area contributed by atoms with Gasteiger partial charge in [-0.25, -0.2) is 8.42 Å². The molecule has 1 aromatic carbocycles. The summed E-state index contributed by atoms with van der Waals surface area (Å²) < 4.78 is 29.7. The van der Waals surface area contributed by atoms with E-state index in [0.29, 0.717) is 29.5 Å². The van der Waals surface area contributed by atoms with Crippen molar-refractivity contribution in [2.45, 2.75) is 42.2 Å². The Balaban J connectivity index is 2.10. The number of nitrogens with zero attached hydrogens (tertiary/aromatic N) is 1. The van der Waals surface area contributed by atoms with Crippen LogP contribution in [0, 0.1) is 0 Å². The second kappa shape index (κ2) is 5.84. The number of esters is 1. The first-order valence-electron chi connectivity index (χ1n) is 7.74. The maximum absolute atomic E-state index is 13.0. The maximum Gasteiger partial charge on any atom is 0.327 e. The molecule has 130 valence electrons. The van der Waals surface area contributed by atoms with E-state index in [1.807, 2.05) is 0 Å². The summed E-state index contributed by atoms with van der Waals surface area (Å²) in [7, 11) is -2.71. The van der Waals surface area contributed by atoms with Crippen molar-refractivity contribution < 1.29 is 22.7 Å². The molecule has 0 atom stereocenters. The largest absolute Gasteiger partial charge is 0.468 e. The van der Waals surface area contributed by atoms with E-state index in [1.165, 1.54) is 13.2 Å². The zero-order chi connectivity index (χ0) is 17.7. The van der Waals surface area contributed by atoms with Crippen molar-refractivity contribution in [3.05, 3.63) is 22.2 Å². The van der Waals surface area contributed by atoms with E-state index in [-0.39, 0.29) is 23.6 Å². The van der Waals surface area contributed by atoms with Crippen LogP contribution in [0.2, 0.25) is 0 Å². The summed E-state index contributed by atoms with van der Waals surface area (Å²) >= 11 is 3.32. The number of carbonyl (C=O) groups is 2. The summed E-state index contributed by atoms with van der Waals surface area (Å²) in [5.74, 6) is -0.773. The van der Waals surface area contributed by atoms with Crippen LogP contribution in [0.4, 0.5) is 5.69 Å². The SMILES string of the molecule is CCC(=O)N1CCc2cc(Br)c(S(=O)(=O)C3(C(=O)OC)CC3)cc21. The normalized spacial score (nSPS) is 18.2. The Bertz CT molecular complexity index is 829. The van der Waals surface area contributed by atoms with Crippen LogP contribution >= 0.6 is 15.9 Å². The molecule has 1 aromatic rings. The summed E-state index contributed by atoms with van der Waals surface area (Å²) in [6, 6.07) is 3.25. The highest BCUT2D eigenvalue weighted by Crippen LogP contribution is 2.50. The number of carbonyl (C=O) groups excluding carboxylic acids is 2. The maximum atomic E-state index is 13.0. The molecule has 0 aromatic heterocycles. The second-order valence-corrected chi connectivity index (χ2v) is 9.13. The van der Waals surface area contributed by atoms with Gasteiger partial charge in [-0.1, -0.05) is 6.92 Å². The van der Waals surface area contributed by atoms with E-state index < -0.39 is 20.6 Å². The Kier molecular flexibility index (Phi) is 4.24. The first-order valence-corrected chi connectivity index (χ1v) is 10.0. The highest BCUT2D eigenvalue weighted by Gasteiger charge is 2.62. The van der Waals surface area contributed by atoms with Gasteiger partial charge in [0, 0.05) is 23.1 Å². The smallest absolute Gasteiger partial charge is 0.327 e.